The molecule has 1 heterocycles. The van der Waals surface area contributed by atoms with E-state index in [1.54, 1.807) is 0 Å². The van der Waals surface area contributed by atoms with Gasteiger partial charge in [-0.1, -0.05) is 26.0 Å². The smallest absolute Gasteiger partial charge is 0.241 e. The van der Waals surface area contributed by atoms with Gasteiger partial charge in [0.05, 0.1) is 6.04 Å². The molecule has 128 valence electrons. The molecule has 1 saturated heterocycles. The van der Waals surface area contributed by atoms with Crippen LogP contribution in [0.1, 0.15) is 32.3 Å². The second-order valence-electron chi connectivity index (χ2n) is 6.13. The second kappa shape index (κ2) is 9.01. The van der Waals surface area contributed by atoms with Crippen molar-refractivity contribution in [2.24, 2.45) is 11.7 Å². The van der Waals surface area contributed by atoms with Crippen molar-refractivity contribution in [1.29, 1.82) is 0 Å². The molecule has 1 aliphatic rings. The van der Waals surface area contributed by atoms with Gasteiger partial charge >= 0.3 is 0 Å². The highest BCUT2D eigenvalue weighted by molar-refractivity contribution is 5.94. The fraction of sp³-hybridized carbons (Fsp3) is 0.611. The Kier molecular flexibility index (Phi) is 7.02. The maximum atomic E-state index is 12.4. The van der Waals surface area contributed by atoms with Crippen molar-refractivity contribution in [3.8, 4) is 0 Å². The molecule has 1 fully saturated rings. The summed E-state index contributed by atoms with van der Waals surface area (Å²) in [5, 5.41) is 2.97. The van der Waals surface area contributed by atoms with Crippen molar-refractivity contribution < 1.29 is 9.53 Å². The second-order valence-corrected chi connectivity index (χ2v) is 6.13. The third-order valence-electron chi connectivity index (χ3n) is 4.57. The number of hydrogen-bond donors (Lipinski definition) is 2. The lowest BCUT2D eigenvalue weighted by Crippen LogP contribution is -2.44. The first-order chi connectivity index (χ1) is 11.1. The first-order valence-corrected chi connectivity index (χ1v) is 8.59. The van der Waals surface area contributed by atoms with Crippen molar-refractivity contribution in [2.75, 3.05) is 31.6 Å². The van der Waals surface area contributed by atoms with Crippen molar-refractivity contribution >= 4 is 11.6 Å². The van der Waals surface area contributed by atoms with E-state index in [2.05, 4.69) is 30.1 Å². The summed E-state index contributed by atoms with van der Waals surface area (Å²) in [6.07, 6.45) is 1.72. The monoisotopic (exact) mass is 319 g/mol. The van der Waals surface area contributed by atoms with Crippen LogP contribution in [0.25, 0.3) is 0 Å². The van der Waals surface area contributed by atoms with Gasteiger partial charge in [0, 0.05) is 25.4 Å². The number of rotatable bonds is 7. The number of carbonyl (C=O) groups excluding carboxylic acids is 1. The summed E-state index contributed by atoms with van der Waals surface area (Å²) < 4.78 is 5.33. The fourth-order valence-electron chi connectivity index (χ4n) is 2.97. The molecule has 3 N–H and O–H groups in total. The van der Waals surface area contributed by atoms with Gasteiger partial charge in [0.2, 0.25) is 5.91 Å². The molecule has 1 atom stereocenters. The molecular formula is C18H29N3O2. The molecule has 0 aliphatic carbocycles. The van der Waals surface area contributed by atoms with Crippen LogP contribution in [0, 0.1) is 5.92 Å². The average molecular weight is 319 g/mol. The minimum atomic E-state index is -0.467. The Hall–Kier alpha value is -1.43. The number of nitrogens with one attached hydrogen (secondary N) is 1. The van der Waals surface area contributed by atoms with E-state index in [9.17, 15) is 4.79 Å². The zero-order chi connectivity index (χ0) is 16.7. The molecule has 5 nitrogen and oxygen atoms in total. The third kappa shape index (κ3) is 5.30. The lowest BCUT2D eigenvalue weighted by Gasteiger charge is -2.26. The largest absolute Gasteiger partial charge is 0.381 e. The van der Waals surface area contributed by atoms with Gasteiger partial charge in [-0.05, 0) is 49.5 Å². The summed E-state index contributed by atoms with van der Waals surface area (Å²) in [4.78, 5) is 14.7. The maximum Gasteiger partial charge on any atom is 0.241 e. The molecule has 1 unspecified atom stereocenters. The Morgan fingerprint density at radius 3 is 2.70 bits per heavy atom. The summed E-state index contributed by atoms with van der Waals surface area (Å²) >= 11 is 0. The fourth-order valence-corrected chi connectivity index (χ4v) is 2.97. The Labute approximate surface area is 139 Å². The number of amides is 1. The van der Waals surface area contributed by atoms with Gasteiger partial charge in [0.1, 0.15) is 0 Å². The van der Waals surface area contributed by atoms with E-state index in [0.717, 1.165) is 38.2 Å². The predicted octanol–water partition coefficient (Wildman–Crippen LogP) is 2.22. The molecule has 0 spiro atoms. The molecule has 1 aromatic rings. The van der Waals surface area contributed by atoms with Crippen LogP contribution in [0.4, 0.5) is 5.69 Å². The molecule has 1 aromatic carbocycles. The van der Waals surface area contributed by atoms with Crippen molar-refractivity contribution in [3.05, 3.63) is 29.8 Å². The summed E-state index contributed by atoms with van der Waals surface area (Å²) in [5.41, 5.74) is 8.15. The van der Waals surface area contributed by atoms with Crippen LogP contribution < -0.4 is 11.1 Å². The molecule has 0 aromatic heterocycles. The molecule has 5 heteroatoms. The molecule has 1 amide bonds. The number of ether oxygens (including phenoxy) is 1. The van der Waals surface area contributed by atoms with Crippen molar-refractivity contribution in [3.63, 3.8) is 0 Å². The maximum absolute atomic E-state index is 12.4. The van der Waals surface area contributed by atoms with Crippen LogP contribution in [-0.4, -0.2) is 43.2 Å². The van der Waals surface area contributed by atoms with E-state index in [-0.39, 0.29) is 11.8 Å². The number of benzene rings is 1. The lowest BCUT2D eigenvalue weighted by atomic mass is 9.92. The van der Waals surface area contributed by atoms with E-state index >= 15 is 0 Å². The minimum Gasteiger partial charge on any atom is -0.381 e. The Morgan fingerprint density at radius 1 is 1.35 bits per heavy atom. The van der Waals surface area contributed by atoms with E-state index in [1.807, 2.05) is 18.2 Å². The number of hydrogen-bond acceptors (Lipinski definition) is 4. The lowest BCUT2D eigenvalue weighted by molar-refractivity contribution is -0.119. The summed E-state index contributed by atoms with van der Waals surface area (Å²) in [7, 11) is 0. The van der Waals surface area contributed by atoms with Crippen LogP contribution in [0.3, 0.4) is 0 Å². The standard InChI is InChI=1S/C18H29N3O2/c1-3-21(4-2)13-14-6-5-7-16(12-14)20-18(22)17(19)15-8-10-23-11-9-15/h5-7,12,15,17H,3-4,8-11,13,19H2,1-2H3,(H,20,22). The highest BCUT2D eigenvalue weighted by atomic mass is 16.5. The van der Waals surface area contributed by atoms with Crippen molar-refractivity contribution in [2.45, 2.75) is 39.3 Å². The van der Waals surface area contributed by atoms with Crippen LogP contribution in [-0.2, 0) is 16.1 Å². The van der Waals surface area contributed by atoms with Gasteiger partial charge in [-0.25, -0.2) is 0 Å². The molecule has 1 aliphatic heterocycles. The topological polar surface area (TPSA) is 67.6 Å². The highest BCUT2D eigenvalue weighted by Gasteiger charge is 2.26. The quantitative estimate of drug-likeness (QED) is 0.809. The van der Waals surface area contributed by atoms with Gasteiger partial charge in [0.25, 0.3) is 0 Å². The Balaban J connectivity index is 1.94. The third-order valence-corrected chi connectivity index (χ3v) is 4.57. The Morgan fingerprint density at radius 2 is 2.04 bits per heavy atom. The van der Waals surface area contributed by atoms with Crippen molar-refractivity contribution in [1.82, 2.24) is 4.90 Å². The summed E-state index contributed by atoms with van der Waals surface area (Å²) in [5.74, 6) is 0.111. The van der Waals surface area contributed by atoms with Gasteiger partial charge in [-0.15, -0.1) is 0 Å². The zero-order valence-corrected chi connectivity index (χ0v) is 14.3. The minimum absolute atomic E-state index is 0.100. The molecular weight excluding hydrogens is 290 g/mol. The SMILES string of the molecule is CCN(CC)Cc1cccc(NC(=O)C(N)C2CCOCC2)c1. The first-order valence-electron chi connectivity index (χ1n) is 8.59. The van der Waals surface area contributed by atoms with E-state index in [0.29, 0.717) is 13.2 Å². The highest BCUT2D eigenvalue weighted by Crippen LogP contribution is 2.19. The molecule has 0 saturated carbocycles. The van der Waals surface area contributed by atoms with Gasteiger partial charge < -0.3 is 15.8 Å². The van der Waals surface area contributed by atoms with E-state index < -0.39 is 6.04 Å². The number of nitrogens with zero attached hydrogens (tertiary/aromatic N) is 1. The normalized spacial score (nSPS) is 17.2. The Bertz CT molecular complexity index is 497. The predicted molar refractivity (Wildman–Crippen MR) is 93.2 cm³/mol. The van der Waals surface area contributed by atoms with Crippen LogP contribution in [0.5, 0.6) is 0 Å². The zero-order valence-electron chi connectivity index (χ0n) is 14.3. The van der Waals surface area contributed by atoms with Gasteiger partial charge in [-0.3, -0.25) is 9.69 Å². The number of nitrogens with two attached hydrogens (primary N) is 1. The van der Waals surface area contributed by atoms with Gasteiger partial charge in [0.15, 0.2) is 0 Å². The summed E-state index contributed by atoms with van der Waals surface area (Å²) in [6.45, 7) is 8.63. The van der Waals surface area contributed by atoms with E-state index in [1.165, 1.54) is 5.56 Å². The molecule has 0 bridgehead atoms. The summed E-state index contributed by atoms with van der Waals surface area (Å²) in [6, 6.07) is 7.55. The number of anilines is 1. The number of carbonyl (C=O) groups is 1. The van der Waals surface area contributed by atoms with Crippen LogP contribution in [0.2, 0.25) is 0 Å². The van der Waals surface area contributed by atoms with E-state index in [4.69, 9.17) is 10.5 Å². The van der Waals surface area contributed by atoms with Crippen LogP contribution >= 0.6 is 0 Å². The molecule has 2 rings (SSSR count). The first kappa shape index (κ1) is 17.9. The molecule has 0 radical (unpaired) electrons. The molecule has 23 heavy (non-hydrogen) atoms. The van der Waals surface area contributed by atoms with Gasteiger partial charge in [-0.2, -0.15) is 0 Å². The average Bonchev–Trinajstić information content (AvgIpc) is 2.60. The van der Waals surface area contributed by atoms with Crippen LogP contribution in [0.15, 0.2) is 24.3 Å².